The number of nitrogens with one attached hydrogen (secondary N) is 1. The number of nitrogens with zero attached hydrogens (tertiary/aromatic N) is 1. The number of aliphatic hydroxyl groups is 1. The second-order valence-electron chi connectivity index (χ2n) is 4.92. The number of carbonyl (C=O) groups excluding carboxylic acids is 3. The van der Waals surface area contributed by atoms with Crippen molar-refractivity contribution in [2.24, 2.45) is 0 Å². The predicted octanol–water partition coefficient (Wildman–Crippen LogP) is 1.61. The standard InChI is InChI=1S/C16H18N2O4S/c19-10-8-17-14(20)7-4-9-18-15(21)13(23-16(18)22)11-12-5-2-1-3-6-12/h1-3,5-6,11,19H,4,7-10H2,(H,17,20)/b13-11-. The van der Waals surface area contributed by atoms with Crippen molar-refractivity contribution < 1.29 is 19.5 Å². The molecule has 0 spiro atoms. The third kappa shape index (κ3) is 4.94. The van der Waals surface area contributed by atoms with Crippen molar-refractivity contribution in [3.8, 4) is 0 Å². The molecular weight excluding hydrogens is 316 g/mol. The second kappa shape index (κ2) is 8.50. The highest BCUT2D eigenvalue weighted by Crippen LogP contribution is 2.32. The highest BCUT2D eigenvalue weighted by Gasteiger charge is 2.34. The quantitative estimate of drug-likeness (QED) is 0.740. The number of hydrogen-bond acceptors (Lipinski definition) is 5. The van der Waals surface area contributed by atoms with Crippen LogP contribution in [0.5, 0.6) is 0 Å². The van der Waals surface area contributed by atoms with E-state index in [0.29, 0.717) is 11.3 Å². The summed E-state index contributed by atoms with van der Waals surface area (Å²) in [6.07, 6.45) is 2.30. The highest BCUT2D eigenvalue weighted by molar-refractivity contribution is 8.18. The normalized spacial score (nSPS) is 16.2. The van der Waals surface area contributed by atoms with Gasteiger partial charge in [0, 0.05) is 19.5 Å². The van der Waals surface area contributed by atoms with Gasteiger partial charge in [0.2, 0.25) is 5.91 Å². The molecule has 1 aliphatic heterocycles. The lowest BCUT2D eigenvalue weighted by Gasteiger charge is -2.11. The molecular formula is C16H18N2O4S. The number of benzene rings is 1. The first kappa shape index (κ1) is 17.2. The van der Waals surface area contributed by atoms with E-state index < -0.39 is 0 Å². The summed E-state index contributed by atoms with van der Waals surface area (Å²) < 4.78 is 0. The van der Waals surface area contributed by atoms with Crippen molar-refractivity contribution in [1.29, 1.82) is 0 Å². The largest absolute Gasteiger partial charge is 0.395 e. The van der Waals surface area contributed by atoms with Crippen LogP contribution in [0.4, 0.5) is 4.79 Å². The van der Waals surface area contributed by atoms with E-state index >= 15 is 0 Å². The maximum absolute atomic E-state index is 12.3. The van der Waals surface area contributed by atoms with E-state index in [1.54, 1.807) is 6.08 Å². The van der Waals surface area contributed by atoms with Crippen LogP contribution >= 0.6 is 11.8 Å². The van der Waals surface area contributed by atoms with E-state index in [1.165, 1.54) is 4.90 Å². The van der Waals surface area contributed by atoms with Crippen LogP contribution in [0.25, 0.3) is 6.08 Å². The first-order chi connectivity index (χ1) is 11.1. The van der Waals surface area contributed by atoms with E-state index in [4.69, 9.17) is 5.11 Å². The molecule has 1 heterocycles. The summed E-state index contributed by atoms with van der Waals surface area (Å²) >= 11 is 0.914. The van der Waals surface area contributed by atoms with Crippen LogP contribution in [0.3, 0.4) is 0 Å². The van der Waals surface area contributed by atoms with Gasteiger partial charge in [-0.25, -0.2) is 0 Å². The summed E-state index contributed by atoms with van der Waals surface area (Å²) in [6, 6.07) is 9.33. The van der Waals surface area contributed by atoms with Gasteiger partial charge in [-0.3, -0.25) is 19.3 Å². The zero-order valence-electron chi connectivity index (χ0n) is 12.5. The molecule has 0 radical (unpaired) electrons. The van der Waals surface area contributed by atoms with Crippen LogP contribution in [-0.4, -0.2) is 46.8 Å². The Morgan fingerprint density at radius 3 is 2.70 bits per heavy atom. The number of thioether (sulfide) groups is 1. The summed E-state index contributed by atoms with van der Waals surface area (Å²) in [7, 11) is 0. The van der Waals surface area contributed by atoms with Gasteiger partial charge < -0.3 is 10.4 Å². The zero-order valence-corrected chi connectivity index (χ0v) is 13.3. The number of rotatable bonds is 7. The van der Waals surface area contributed by atoms with Crippen molar-refractivity contribution >= 4 is 34.9 Å². The molecule has 0 aromatic heterocycles. The van der Waals surface area contributed by atoms with E-state index in [1.807, 2.05) is 30.3 Å². The first-order valence-electron chi connectivity index (χ1n) is 7.30. The smallest absolute Gasteiger partial charge is 0.293 e. The van der Waals surface area contributed by atoms with Crippen molar-refractivity contribution in [2.45, 2.75) is 12.8 Å². The Bertz CT molecular complexity index is 616. The van der Waals surface area contributed by atoms with Gasteiger partial charge in [0.15, 0.2) is 0 Å². The molecule has 0 atom stereocenters. The Morgan fingerprint density at radius 2 is 2.00 bits per heavy atom. The molecule has 122 valence electrons. The van der Waals surface area contributed by atoms with Gasteiger partial charge in [0.05, 0.1) is 11.5 Å². The SMILES string of the molecule is O=C(CCCN1C(=O)S/C(=C\c2ccccc2)C1=O)NCCO. The third-order valence-corrected chi connectivity index (χ3v) is 4.10. The number of hydrogen-bond donors (Lipinski definition) is 2. The lowest BCUT2D eigenvalue weighted by atomic mass is 10.2. The maximum Gasteiger partial charge on any atom is 0.293 e. The van der Waals surface area contributed by atoms with E-state index in [9.17, 15) is 14.4 Å². The minimum Gasteiger partial charge on any atom is -0.395 e. The van der Waals surface area contributed by atoms with Gasteiger partial charge in [-0.2, -0.15) is 0 Å². The topological polar surface area (TPSA) is 86.7 Å². The average molecular weight is 334 g/mol. The molecule has 2 rings (SSSR count). The fourth-order valence-electron chi connectivity index (χ4n) is 2.07. The maximum atomic E-state index is 12.3. The monoisotopic (exact) mass is 334 g/mol. The molecule has 0 unspecified atom stereocenters. The fourth-order valence-corrected chi connectivity index (χ4v) is 2.94. The van der Waals surface area contributed by atoms with Crippen molar-refractivity contribution in [2.75, 3.05) is 19.7 Å². The average Bonchev–Trinajstić information content (AvgIpc) is 2.81. The number of amides is 3. The molecule has 1 aromatic carbocycles. The molecule has 0 bridgehead atoms. The lowest BCUT2D eigenvalue weighted by molar-refractivity contribution is -0.124. The van der Waals surface area contributed by atoms with Crippen LogP contribution in [0.1, 0.15) is 18.4 Å². The molecule has 23 heavy (non-hydrogen) atoms. The van der Waals surface area contributed by atoms with Crippen molar-refractivity contribution in [3.63, 3.8) is 0 Å². The van der Waals surface area contributed by atoms with Crippen LogP contribution < -0.4 is 5.32 Å². The van der Waals surface area contributed by atoms with Gasteiger partial charge in [0.25, 0.3) is 11.1 Å². The van der Waals surface area contributed by atoms with E-state index in [0.717, 1.165) is 17.3 Å². The van der Waals surface area contributed by atoms with Gasteiger partial charge in [-0.05, 0) is 29.8 Å². The van der Waals surface area contributed by atoms with Gasteiger partial charge in [-0.1, -0.05) is 30.3 Å². The van der Waals surface area contributed by atoms with Crippen LogP contribution in [0.15, 0.2) is 35.2 Å². The number of carbonyl (C=O) groups is 3. The van der Waals surface area contributed by atoms with Crippen LogP contribution in [0.2, 0.25) is 0 Å². The lowest BCUT2D eigenvalue weighted by Crippen LogP contribution is -2.31. The summed E-state index contributed by atoms with van der Waals surface area (Å²) in [5.41, 5.74) is 0.862. The molecule has 0 saturated carbocycles. The third-order valence-electron chi connectivity index (χ3n) is 3.19. The predicted molar refractivity (Wildman–Crippen MR) is 88.4 cm³/mol. The van der Waals surface area contributed by atoms with Crippen molar-refractivity contribution in [1.82, 2.24) is 10.2 Å². The molecule has 1 saturated heterocycles. The molecule has 1 fully saturated rings. The molecule has 6 nitrogen and oxygen atoms in total. The molecule has 7 heteroatoms. The Morgan fingerprint density at radius 1 is 1.26 bits per heavy atom. The van der Waals surface area contributed by atoms with Crippen LogP contribution in [0, 0.1) is 0 Å². The van der Waals surface area contributed by atoms with Gasteiger partial charge in [-0.15, -0.1) is 0 Å². The fraction of sp³-hybridized carbons (Fsp3) is 0.312. The van der Waals surface area contributed by atoms with E-state index in [2.05, 4.69) is 5.32 Å². The van der Waals surface area contributed by atoms with Gasteiger partial charge >= 0.3 is 0 Å². The number of aliphatic hydroxyl groups excluding tert-OH is 1. The molecule has 1 aromatic rings. The first-order valence-corrected chi connectivity index (χ1v) is 8.11. The molecule has 3 amide bonds. The molecule has 2 N–H and O–H groups in total. The number of imide groups is 1. The highest BCUT2D eigenvalue weighted by atomic mass is 32.2. The Hall–Kier alpha value is -2.12. The Labute approximate surface area is 138 Å². The summed E-state index contributed by atoms with van der Waals surface area (Å²) in [5.74, 6) is -0.523. The summed E-state index contributed by atoms with van der Waals surface area (Å²) in [4.78, 5) is 37.2. The molecule has 1 aliphatic rings. The molecule has 0 aliphatic carbocycles. The second-order valence-corrected chi connectivity index (χ2v) is 5.91. The summed E-state index contributed by atoms with van der Waals surface area (Å²) in [5, 5.41) is 10.8. The minimum absolute atomic E-state index is 0.112. The Balaban J connectivity index is 1.89. The van der Waals surface area contributed by atoms with Crippen LogP contribution in [-0.2, 0) is 9.59 Å². The minimum atomic E-state index is -0.320. The summed E-state index contributed by atoms with van der Waals surface area (Å²) in [6.45, 7) is 0.308. The van der Waals surface area contributed by atoms with E-state index in [-0.39, 0.29) is 43.2 Å². The van der Waals surface area contributed by atoms with Crippen molar-refractivity contribution in [3.05, 3.63) is 40.8 Å². The zero-order chi connectivity index (χ0) is 16.7. The Kier molecular flexibility index (Phi) is 6.37. The van der Waals surface area contributed by atoms with Gasteiger partial charge in [0.1, 0.15) is 0 Å².